The van der Waals surface area contributed by atoms with Crippen molar-refractivity contribution in [3.05, 3.63) is 40.7 Å². The Balaban J connectivity index is 2.17. The molecule has 4 rings (SSSR count). The molecule has 1 atom stereocenters. The van der Waals surface area contributed by atoms with Crippen LogP contribution < -0.4 is 9.96 Å². The number of rotatable bonds is 0. The smallest absolute Gasteiger partial charge is 0.337 e. The van der Waals surface area contributed by atoms with Gasteiger partial charge in [-0.25, -0.2) is 9.97 Å². The zero-order valence-corrected chi connectivity index (χ0v) is 10.5. The first-order valence-electron chi connectivity index (χ1n) is 5.21. The number of hydrogen-bond acceptors (Lipinski definition) is 4. The molecule has 88 valence electrons. The molecule has 1 N–H and O–H groups in total. The van der Waals surface area contributed by atoms with E-state index in [9.17, 15) is 5.21 Å². The van der Waals surface area contributed by atoms with Gasteiger partial charge in [0.2, 0.25) is 0 Å². The second-order valence-corrected chi connectivity index (χ2v) is 4.61. The van der Waals surface area contributed by atoms with Crippen molar-refractivity contribution >= 4 is 32.7 Å². The van der Waals surface area contributed by atoms with E-state index in [1.54, 1.807) is 17.1 Å². The van der Waals surface area contributed by atoms with Crippen molar-refractivity contribution in [1.82, 2.24) is 19.6 Å². The number of halogens is 1. The number of nitrogens with zero attached hydrogens (tertiary/aromatic N) is 5. The quantitative estimate of drug-likeness (QED) is 0.350. The monoisotopic (exact) mass is 305 g/mol. The van der Waals surface area contributed by atoms with Crippen LogP contribution in [0.2, 0.25) is 0 Å². The van der Waals surface area contributed by atoms with Gasteiger partial charge in [-0.2, -0.15) is 4.98 Å². The maximum absolute atomic E-state index is 12.3. The fourth-order valence-corrected chi connectivity index (χ4v) is 2.67. The molecule has 3 aromatic rings. The molecule has 0 aromatic carbocycles. The first-order valence-corrected chi connectivity index (χ1v) is 6.00. The zero-order valence-electron chi connectivity index (χ0n) is 8.91. The molecule has 0 radical (unpaired) electrons. The van der Waals surface area contributed by atoms with Gasteiger partial charge in [0.25, 0.3) is 5.82 Å². The Bertz CT molecular complexity index is 785. The highest BCUT2D eigenvalue weighted by molar-refractivity contribution is 9.10. The number of fused-ring (bicyclic) bond motifs is 5. The van der Waals surface area contributed by atoms with Gasteiger partial charge in [0.15, 0.2) is 4.60 Å². The minimum atomic E-state index is -0.193. The van der Waals surface area contributed by atoms with Crippen LogP contribution >= 0.6 is 15.9 Å². The Morgan fingerprint density at radius 2 is 2.06 bits per heavy atom. The summed E-state index contributed by atoms with van der Waals surface area (Å²) in [5.74, 6) is 0.903. The molecule has 1 aliphatic heterocycles. The van der Waals surface area contributed by atoms with Gasteiger partial charge in [0.1, 0.15) is 0 Å². The first-order chi connectivity index (χ1) is 8.77. The molecule has 0 spiro atoms. The standard InChI is InChI=1S/C10H6BrN6O/c11-8-7-6(1-2-12-8)5-15-9-10(14-4-3-13-9)17(18)16(7)15/h1-5,17H/q+1. The predicted molar refractivity (Wildman–Crippen MR) is 63.9 cm³/mol. The summed E-state index contributed by atoms with van der Waals surface area (Å²) < 4.78 is 2.32. The van der Waals surface area contributed by atoms with Crippen LogP contribution in [0.1, 0.15) is 0 Å². The van der Waals surface area contributed by atoms with Crippen LogP contribution in [0.15, 0.2) is 35.5 Å². The van der Waals surface area contributed by atoms with E-state index in [0.717, 1.165) is 10.9 Å². The molecule has 1 unspecified atom stereocenters. The molecule has 0 saturated heterocycles. The Kier molecular flexibility index (Phi) is 1.85. The third-order valence-electron chi connectivity index (χ3n) is 2.89. The highest BCUT2D eigenvalue weighted by Crippen LogP contribution is 2.21. The minimum absolute atomic E-state index is 0.193. The average molecular weight is 306 g/mol. The van der Waals surface area contributed by atoms with Crippen molar-refractivity contribution in [2.45, 2.75) is 0 Å². The third-order valence-corrected chi connectivity index (χ3v) is 3.47. The van der Waals surface area contributed by atoms with Gasteiger partial charge in [-0.05, 0) is 26.7 Å². The molecular formula is C10H6BrN6O+. The van der Waals surface area contributed by atoms with Gasteiger partial charge >= 0.3 is 11.3 Å². The second kappa shape index (κ2) is 3.31. The topological polar surface area (TPSA) is 75.0 Å². The summed E-state index contributed by atoms with van der Waals surface area (Å²) in [5.41, 5.74) is 0.724. The average Bonchev–Trinajstić information content (AvgIpc) is 2.89. The SMILES string of the molecule is [O-][NH+]1c2nccnc2-n2cc3ccnc(Br)c3[n+]21. The van der Waals surface area contributed by atoms with Crippen molar-refractivity contribution in [2.75, 3.05) is 0 Å². The van der Waals surface area contributed by atoms with Crippen LogP contribution in [0.5, 0.6) is 0 Å². The maximum Gasteiger partial charge on any atom is 0.337 e. The Labute approximate surface area is 109 Å². The fourth-order valence-electron chi connectivity index (χ4n) is 2.16. The molecule has 4 heterocycles. The van der Waals surface area contributed by atoms with E-state index >= 15 is 0 Å². The Morgan fingerprint density at radius 1 is 1.22 bits per heavy atom. The normalized spacial score (nSPS) is 16.9. The van der Waals surface area contributed by atoms with E-state index < -0.39 is 0 Å². The van der Waals surface area contributed by atoms with Crippen LogP contribution in [0, 0.1) is 5.21 Å². The summed E-state index contributed by atoms with van der Waals surface area (Å²) in [6, 6.07) is 1.85. The molecular weight excluding hydrogens is 300 g/mol. The van der Waals surface area contributed by atoms with Crippen LogP contribution in [0.25, 0.3) is 16.7 Å². The highest BCUT2D eigenvalue weighted by Gasteiger charge is 2.40. The summed E-state index contributed by atoms with van der Waals surface area (Å²) in [7, 11) is 0. The highest BCUT2D eigenvalue weighted by atomic mass is 79.9. The van der Waals surface area contributed by atoms with Gasteiger partial charge in [-0.3, -0.25) is 0 Å². The summed E-state index contributed by atoms with van der Waals surface area (Å²) in [4.78, 5) is 13.9. The molecule has 1 aliphatic rings. The molecule has 0 fully saturated rings. The predicted octanol–water partition coefficient (Wildman–Crippen LogP) is -0.344. The van der Waals surface area contributed by atoms with Gasteiger partial charge in [-0.1, -0.05) is 5.17 Å². The summed E-state index contributed by atoms with van der Waals surface area (Å²) in [6.07, 6.45) is 6.61. The number of aromatic nitrogens is 5. The van der Waals surface area contributed by atoms with Gasteiger partial charge in [0, 0.05) is 12.4 Å². The maximum atomic E-state index is 12.3. The molecule has 0 amide bonds. The lowest BCUT2D eigenvalue weighted by Gasteiger charge is -2.04. The molecule has 0 aliphatic carbocycles. The molecule has 18 heavy (non-hydrogen) atoms. The van der Waals surface area contributed by atoms with Crippen molar-refractivity contribution in [2.24, 2.45) is 0 Å². The van der Waals surface area contributed by atoms with Crippen molar-refractivity contribution in [1.29, 1.82) is 0 Å². The van der Waals surface area contributed by atoms with E-state index in [0.29, 0.717) is 16.2 Å². The number of nitrogens with one attached hydrogen (secondary N) is 1. The van der Waals surface area contributed by atoms with E-state index in [-0.39, 0.29) is 5.17 Å². The number of hydrogen-bond donors (Lipinski definition) is 1. The van der Waals surface area contributed by atoms with Crippen LogP contribution in [0.4, 0.5) is 5.82 Å². The van der Waals surface area contributed by atoms with Crippen molar-refractivity contribution in [3.63, 3.8) is 0 Å². The lowest BCUT2D eigenvalue weighted by Crippen LogP contribution is -3.18. The van der Waals surface area contributed by atoms with E-state index in [4.69, 9.17) is 0 Å². The molecule has 0 saturated carbocycles. The summed E-state index contributed by atoms with van der Waals surface area (Å²) in [6.45, 7) is 0. The first kappa shape index (κ1) is 10.1. The van der Waals surface area contributed by atoms with E-state index in [1.807, 2.05) is 12.3 Å². The lowest BCUT2D eigenvalue weighted by atomic mass is 10.3. The molecule has 8 heteroatoms. The van der Waals surface area contributed by atoms with Crippen LogP contribution in [-0.2, 0) is 0 Å². The van der Waals surface area contributed by atoms with Crippen LogP contribution in [0.3, 0.4) is 0 Å². The lowest BCUT2D eigenvalue weighted by molar-refractivity contribution is -1.36. The fraction of sp³-hybridized carbons (Fsp3) is 0. The van der Waals surface area contributed by atoms with Gasteiger partial charge in [0.05, 0.1) is 22.6 Å². The van der Waals surface area contributed by atoms with Crippen molar-refractivity contribution in [3.8, 4) is 5.82 Å². The summed E-state index contributed by atoms with van der Waals surface area (Å²) in [5, 5.41) is 13.0. The van der Waals surface area contributed by atoms with Gasteiger partial charge < -0.3 is 5.21 Å². The number of pyridine rings is 1. The largest absolute Gasteiger partial charge is 0.567 e. The molecule has 7 nitrogen and oxygen atoms in total. The minimum Gasteiger partial charge on any atom is -0.567 e. The third kappa shape index (κ3) is 1.09. The summed E-state index contributed by atoms with van der Waals surface area (Å²) >= 11 is 3.36. The molecule has 3 aromatic heterocycles. The second-order valence-electron chi connectivity index (χ2n) is 3.86. The Morgan fingerprint density at radius 3 is 2.94 bits per heavy atom. The van der Waals surface area contributed by atoms with Gasteiger partial charge in [-0.15, -0.1) is 0 Å². The molecule has 0 bridgehead atoms. The van der Waals surface area contributed by atoms with Crippen LogP contribution in [-0.4, -0.2) is 19.6 Å². The van der Waals surface area contributed by atoms with E-state index in [1.165, 1.54) is 11.0 Å². The van der Waals surface area contributed by atoms with Crippen molar-refractivity contribution < 1.29 is 9.96 Å². The Hall–Kier alpha value is -1.90. The number of quaternary nitrogens is 1. The zero-order chi connectivity index (χ0) is 12.3. The van der Waals surface area contributed by atoms with E-state index in [2.05, 4.69) is 30.9 Å².